The van der Waals surface area contributed by atoms with Crippen molar-refractivity contribution in [1.29, 1.82) is 0 Å². The van der Waals surface area contributed by atoms with E-state index in [1.807, 2.05) is 0 Å². The molecule has 0 saturated heterocycles. The van der Waals surface area contributed by atoms with Gasteiger partial charge in [0.1, 0.15) is 0 Å². The molecular weight excluding hydrogens is 158 g/mol. The smallest absolute Gasteiger partial charge is 0.184 e. The minimum Gasteiger partial charge on any atom is -0.375 e. The molecule has 4 heteroatoms. The van der Waals surface area contributed by atoms with Gasteiger partial charge in [-0.25, -0.2) is 0 Å². The number of thiocarbonyl (C=S) groups is 1. The Morgan fingerprint density at radius 2 is 2.18 bits per heavy atom. The summed E-state index contributed by atoms with van der Waals surface area (Å²) >= 11 is 4.61. The van der Waals surface area contributed by atoms with Crippen LogP contribution in [0.15, 0.2) is 5.10 Å². The van der Waals surface area contributed by atoms with Crippen LogP contribution in [0.1, 0.15) is 27.2 Å². The van der Waals surface area contributed by atoms with Crippen LogP contribution < -0.4 is 11.2 Å². The quantitative estimate of drug-likeness (QED) is 0.383. The largest absolute Gasteiger partial charge is 0.375 e. The van der Waals surface area contributed by atoms with E-state index in [-0.39, 0.29) is 5.11 Å². The molecule has 3 N–H and O–H groups in total. The Kier molecular flexibility index (Phi) is 4.77. The maximum atomic E-state index is 5.21. The molecule has 0 atom stereocenters. The molecule has 0 aliphatic carbocycles. The Labute approximate surface area is 73.0 Å². The highest BCUT2D eigenvalue weighted by Crippen LogP contribution is 1.99. The molecule has 0 aromatic heterocycles. The van der Waals surface area contributed by atoms with Crippen LogP contribution in [0.4, 0.5) is 0 Å². The first kappa shape index (κ1) is 10.4. The van der Waals surface area contributed by atoms with Gasteiger partial charge in [0.05, 0.1) is 0 Å². The Bertz CT molecular complexity index is 163. The summed E-state index contributed by atoms with van der Waals surface area (Å²) in [6.07, 6.45) is 0.924. The Morgan fingerprint density at radius 3 is 2.45 bits per heavy atom. The van der Waals surface area contributed by atoms with Crippen LogP contribution in [0.25, 0.3) is 0 Å². The first-order valence-electron chi connectivity index (χ1n) is 3.69. The maximum Gasteiger partial charge on any atom is 0.184 e. The molecule has 0 saturated carbocycles. The van der Waals surface area contributed by atoms with Gasteiger partial charge in [0.15, 0.2) is 5.11 Å². The van der Waals surface area contributed by atoms with Crippen LogP contribution in [0.5, 0.6) is 0 Å². The van der Waals surface area contributed by atoms with Crippen LogP contribution in [-0.2, 0) is 0 Å². The molecular formula is C7H15N3S. The molecule has 3 nitrogen and oxygen atoms in total. The molecule has 0 bridgehead atoms. The second kappa shape index (κ2) is 5.07. The van der Waals surface area contributed by atoms with Crippen molar-refractivity contribution >= 4 is 23.0 Å². The number of hydrazone groups is 1. The van der Waals surface area contributed by atoms with E-state index in [0.29, 0.717) is 5.92 Å². The summed E-state index contributed by atoms with van der Waals surface area (Å²) in [5.41, 5.74) is 8.87. The number of hydrogen-bond donors (Lipinski definition) is 2. The van der Waals surface area contributed by atoms with Crippen LogP contribution in [-0.4, -0.2) is 10.8 Å². The van der Waals surface area contributed by atoms with E-state index in [1.54, 1.807) is 0 Å². The summed E-state index contributed by atoms with van der Waals surface area (Å²) < 4.78 is 0. The molecule has 0 radical (unpaired) electrons. The minimum absolute atomic E-state index is 0.219. The van der Waals surface area contributed by atoms with E-state index in [1.165, 1.54) is 0 Å². The van der Waals surface area contributed by atoms with E-state index in [0.717, 1.165) is 12.1 Å². The second-order valence-electron chi connectivity index (χ2n) is 2.59. The van der Waals surface area contributed by atoms with Gasteiger partial charge in [-0.3, -0.25) is 5.43 Å². The van der Waals surface area contributed by atoms with Crippen LogP contribution >= 0.6 is 12.2 Å². The highest BCUT2D eigenvalue weighted by atomic mass is 32.1. The molecule has 0 rings (SSSR count). The summed E-state index contributed by atoms with van der Waals surface area (Å²) in [5.74, 6) is 0.446. The lowest BCUT2D eigenvalue weighted by molar-refractivity contribution is 0.832. The fourth-order valence-electron chi connectivity index (χ4n) is 0.743. The minimum atomic E-state index is 0.219. The average molecular weight is 173 g/mol. The fourth-order valence-corrected chi connectivity index (χ4v) is 0.789. The van der Waals surface area contributed by atoms with Crippen LogP contribution in [0, 0.1) is 5.92 Å². The Balaban J connectivity index is 4.01. The Morgan fingerprint density at radius 1 is 1.64 bits per heavy atom. The first-order chi connectivity index (χ1) is 5.07. The van der Waals surface area contributed by atoms with Gasteiger partial charge < -0.3 is 5.73 Å². The van der Waals surface area contributed by atoms with Gasteiger partial charge in [0.2, 0.25) is 0 Å². The number of hydrogen-bond acceptors (Lipinski definition) is 2. The zero-order valence-electron chi connectivity index (χ0n) is 7.22. The molecule has 0 heterocycles. The third-order valence-electron chi connectivity index (χ3n) is 1.34. The third kappa shape index (κ3) is 4.72. The molecule has 0 fully saturated rings. The predicted molar refractivity (Wildman–Crippen MR) is 52.5 cm³/mol. The molecule has 11 heavy (non-hydrogen) atoms. The number of rotatable bonds is 3. The van der Waals surface area contributed by atoms with Crippen molar-refractivity contribution < 1.29 is 0 Å². The average Bonchev–Trinajstić information content (AvgIpc) is 1.87. The van der Waals surface area contributed by atoms with Gasteiger partial charge in [-0.15, -0.1) is 0 Å². The van der Waals surface area contributed by atoms with Crippen molar-refractivity contribution in [3.63, 3.8) is 0 Å². The van der Waals surface area contributed by atoms with E-state index in [9.17, 15) is 0 Å². The molecule has 0 aliphatic rings. The molecule has 0 unspecified atom stereocenters. The lowest BCUT2D eigenvalue weighted by atomic mass is 10.1. The summed E-state index contributed by atoms with van der Waals surface area (Å²) in [5, 5.41) is 4.26. The van der Waals surface area contributed by atoms with Gasteiger partial charge in [-0.2, -0.15) is 5.10 Å². The summed E-state index contributed by atoms with van der Waals surface area (Å²) in [7, 11) is 0. The van der Waals surface area contributed by atoms with Crippen molar-refractivity contribution in [3.8, 4) is 0 Å². The van der Waals surface area contributed by atoms with E-state index < -0.39 is 0 Å². The highest BCUT2D eigenvalue weighted by Gasteiger charge is 2.01. The third-order valence-corrected chi connectivity index (χ3v) is 1.43. The fraction of sp³-hybridized carbons (Fsp3) is 0.714. The van der Waals surface area contributed by atoms with Crippen molar-refractivity contribution in [1.82, 2.24) is 5.43 Å². The zero-order valence-corrected chi connectivity index (χ0v) is 8.03. The van der Waals surface area contributed by atoms with Crippen LogP contribution in [0.2, 0.25) is 0 Å². The van der Waals surface area contributed by atoms with Crippen molar-refractivity contribution in [2.45, 2.75) is 27.2 Å². The van der Waals surface area contributed by atoms with E-state index in [2.05, 4.69) is 43.5 Å². The summed E-state index contributed by atoms with van der Waals surface area (Å²) in [4.78, 5) is 0. The molecule has 0 spiro atoms. The SMILES string of the molecule is CCC(=NNC(N)=S)C(C)C. The maximum absolute atomic E-state index is 5.21. The lowest BCUT2D eigenvalue weighted by Gasteiger charge is -2.06. The summed E-state index contributed by atoms with van der Waals surface area (Å²) in [6, 6.07) is 0. The van der Waals surface area contributed by atoms with E-state index in [4.69, 9.17) is 5.73 Å². The Hall–Kier alpha value is -0.640. The molecule has 0 aliphatic heterocycles. The highest BCUT2D eigenvalue weighted by molar-refractivity contribution is 7.80. The number of nitrogens with one attached hydrogen (secondary N) is 1. The van der Waals surface area contributed by atoms with Crippen molar-refractivity contribution in [2.75, 3.05) is 0 Å². The van der Waals surface area contributed by atoms with Crippen LogP contribution in [0.3, 0.4) is 0 Å². The normalized spacial score (nSPS) is 11.8. The van der Waals surface area contributed by atoms with Gasteiger partial charge in [-0.1, -0.05) is 20.8 Å². The van der Waals surface area contributed by atoms with Crippen molar-refractivity contribution in [2.24, 2.45) is 16.8 Å². The molecule has 64 valence electrons. The van der Waals surface area contributed by atoms with Gasteiger partial charge >= 0.3 is 0 Å². The van der Waals surface area contributed by atoms with E-state index >= 15 is 0 Å². The van der Waals surface area contributed by atoms with Crippen molar-refractivity contribution in [3.05, 3.63) is 0 Å². The molecule has 0 aromatic rings. The van der Waals surface area contributed by atoms with Gasteiger partial charge in [0.25, 0.3) is 0 Å². The topological polar surface area (TPSA) is 50.4 Å². The number of nitrogens with two attached hydrogens (primary N) is 1. The van der Waals surface area contributed by atoms with Gasteiger partial charge in [0, 0.05) is 5.71 Å². The summed E-state index contributed by atoms with van der Waals surface area (Å²) in [6.45, 7) is 6.23. The standard InChI is InChI=1S/C7H15N3S/c1-4-6(5(2)3)9-10-7(8)11/h5H,4H2,1-3H3,(H3,8,10,11). The number of nitrogens with zero attached hydrogens (tertiary/aromatic N) is 1. The predicted octanol–water partition coefficient (Wildman–Crippen LogP) is 1.24. The second-order valence-corrected chi connectivity index (χ2v) is 3.03. The first-order valence-corrected chi connectivity index (χ1v) is 4.10. The lowest BCUT2D eigenvalue weighted by Crippen LogP contribution is -2.26. The molecule has 0 aromatic carbocycles. The zero-order chi connectivity index (χ0) is 8.85. The van der Waals surface area contributed by atoms with Gasteiger partial charge in [-0.05, 0) is 24.6 Å². The monoisotopic (exact) mass is 173 g/mol. The molecule has 0 amide bonds.